The zero-order valence-corrected chi connectivity index (χ0v) is 9.07. The molecule has 0 aliphatic heterocycles. The predicted molar refractivity (Wildman–Crippen MR) is 63.2 cm³/mol. The summed E-state index contributed by atoms with van der Waals surface area (Å²) < 4.78 is 0. The van der Waals surface area contributed by atoms with Crippen LogP contribution in [0.2, 0.25) is 0 Å². The summed E-state index contributed by atoms with van der Waals surface area (Å²) in [5.41, 5.74) is 0. The summed E-state index contributed by atoms with van der Waals surface area (Å²) in [5, 5.41) is 20.1. The van der Waals surface area contributed by atoms with E-state index < -0.39 is 0 Å². The number of phenols is 2. The molecule has 0 bridgehead atoms. The number of benzene rings is 2. The smallest absolute Gasteiger partial charge is 0.127 e. The maximum atomic E-state index is 9.39. The summed E-state index contributed by atoms with van der Waals surface area (Å²) >= 11 is 0. The van der Waals surface area contributed by atoms with Crippen molar-refractivity contribution in [3.8, 4) is 11.5 Å². The Morgan fingerprint density at radius 2 is 1.27 bits per heavy atom. The molecule has 80 valence electrons. The van der Waals surface area contributed by atoms with Gasteiger partial charge >= 0.3 is 0 Å². The highest BCUT2D eigenvalue weighted by Crippen LogP contribution is 2.31. The summed E-state index contributed by atoms with van der Waals surface area (Å²) in [6.45, 7) is 4.25. The largest absolute Gasteiger partial charge is 0.507 e. The molecule has 0 fully saturated rings. The van der Waals surface area contributed by atoms with Crippen molar-refractivity contribution in [3.63, 3.8) is 0 Å². The fourth-order valence-electron chi connectivity index (χ4n) is 1.30. The molecule has 2 N–H and O–H groups in total. The van der Waals surface area contributed by atoms with E-state index in [9.17, 15) is 10.2 Å². The summed E-state index contributed by atoms with van der Waals surface area (Å²) in [5.74, 6) is 0.233. The van der Waals surface area contributed by atoms with Gasteiger partial charge in [0.15, 0.2) is 0 Å². The molecule has 0 radical (unpaired) electrons. The third-order valence-corrected chi connectivity index (χ3v) is 1.86. The molecule has 2 rings (SSSR count). The van der Waals surface area contributed by atoms with E-state index in [0.717, 1.165) is 5.39 Å². The van der Waals surface area contributed by atoms with Gasteiger partial charge in [-0.3, -0.25) is 0 Å². The molecule has 0 aromatic heterocycles. The molecule has 0 aliphatic carbocycles. The fourth-order valence-corrected chi connectivity index (χ4v) is 1.30. The third-order valence-electron chi connectivity index (χ3n) is 1.86. The van der Waals surface area contributed by atoms with Gasteiger partial charge < -0.3 is 10.2 Å². The van der Waals surface area contributed by atoms with Crippen molar-refractivity contribution in [2.24, 2.45) is 0 Å². The van der Waals surface area contributed by atoms with Gasteiger partial charge in [0.1, 0.15) is 11.5 Å². The zero-order chi connectivity index (χ0) is 11.3. The predicted octanol–water partition coefficient (Wildman–Crippen LogP) is 3.67. The van der Waals surface area contributed by atoms with Crippen LogP contribution < -0.4 is 0 Å². The number of phenolic OH excluding ortho intramolecular Hbond substituents is 2. The second kappa shape index (κ2) is 5.25. The SMILES string of the molecule is CCC.Oc1cccc2cccc(O)c12. The molecule has 0 aliphatic rings. The van der Waals surface area contributed by atoms with E-state index in [1.807, 2.05) is 12.1 Å². The molecule has 0 atom stereocenters. The Hall–Kier alpha value is -1.70. The lowest BCUT2D eigenvalue weighted by molar-refractivity contribution is 0.464. The molecule has 0 heterocycles. The minimum Gasteiger partial charge on any atom is -0.507 e. The van der Waals surface area contributed by atoms with Crippen molar-refractivity contribution < 1.29 is 10.2 Å². The van der Waals surface area contributed by atoms with Crippen LogP contribution in [0.3, 0.4) is 0 Å². The fraction of sp³-hybridized carbons (Fsp3) is 0.231. The van der Waals surface area contributed by atoms with Crippen LogP contribution in [0, 0.1) is 0 Å². The summed E-state index contributed by atoms with van der Waals surface area (Å²) in [6.07, 6.45) is 1.25. The first-order valence-electron chi connectivity index (χ1n) is 5.10. The van der Waals surface area contributed by atoms with Gasteiger partial charge in [0.05, 0.1) is 5.39 Å². The van der Waals surface area contributed by atoms with Gasteiger partial charge in [-0.2, -0.15) is 0 Å². The summed E-state index contributed by atoms with van der Waals surface area (Å²) in [4.78, 5) is 0. The Kier molecular flexibility index (Phi) is 3.98. The molecule has 15 heavy (non-hydrogen) atoms. The van der Waals surface area contributed by atoms with Crippen molar-refractivity contribution in [1.29, 1.82) is 0 Å². The molecule has 0 spiro atoms. The quantitative estimate of drug-likeness (QED) is 0.687. The second-order valence-electron chi connectivity index (χ2n) is 3.36. The van der Waals surface area contributed by atoms with E-state index in [4.69, 9.17) is 0 Å². The van der Waals surface area contributed by atoms with Crippen LogP contribution in [0.1, 0.15) is 20.3 Å². The van der Waals surface area contributed by atoms with Gasteiger partial charge in [-0.1, -0.05) is 44.5 Å². The van der Waals surface area contributed by atoms with Crippen molar-refractivity contribution in [3.05, 3.63) is 36.4 Å². The Labute approximate surface area is 89.8 Å². The van der Waals surface area contributed by atoms with Crippen molar-refractivity contribution >= 4 is 10.8 Å². The highest BCUT2D eigenvalue weighted by Gasteiger charge is 2.02. The Bertz CT molecular complexity index is 399. The highest BCUT2D eigenvalue weighted by atomic mass is 16.3. The molecular formula is C13H16O2. The number of aromatic hydroxyl groups is 2. The normalized spacial score (nSPS) is 9.47. The van der Waals surface area contributed by atoms with Crippen LogP contribution in [0.4, 0.5) is 0 Å². The van der Waals surface area contributed by atoms with E-state index >= 15 is 0 Å². The number of rotatable bonds is 0. The minimum absolute atomic E-state index is 0.116. The van der Waals surface area contributed by atoms with Gasteiger partial charge in [-0.05, 0) is 17.5 Å². The first kappa shape index (κ1) is 11.4. The monoisotopic (exact) mass is 204 g/mol. The number of hydrogen-bond donors (Lipinski definition) is 2. The molecule has 2 aromatic carbocycles. The van der Waals surface area contributed by atoms with Crippen LogP contribution >= 0.6 is 0 Å². The maximum absolute atomic E-state index is 9.39. The molecule has 0 saturated heterocycles. The van der Waals surface area contributed by atoms with Crippen LogP contribution in [-0.2, 0) is 0 Å². The first-order valence-corrected chi connectivity index (χ1v) is 5.10. The van der Waals surface area contributed by atoms with Crippen molar-refractivity contribution in [1.82, 2.24) is 0 Å². The molecular weight excluding hydrogens is 188 g/mol. The van der Waals surface area contributed by atoms with Crippen LogP contribution in [0.25, 0.3) is 10.8 Å². The van der Waals surface area contributed by atoms with Gasteiger partial charge in [-0.25, -0.2) is 0 Å². The Morgan fingerprint density at radius 1 is 0.867 bits per heavy atom. The van der Waals surface area contributed by atoms with Gasteiger partial charge in [0, 0.05) is 0 Å². The standard InChI is InChI=1S/C10H8O2.C3H8/c11-8-5-1-3-7-4-2-6-9(12)10(7)8;1-3-2/h1-6,11-12H;3H2,1-2H3. The van der Waals surface area contributed by atoms with E-state index in [-0.39, 0.29) is 11.5 Å². The molecule has 2 heteroatoms. The average molecular weight is 204 g/mol. The highest BCUT2D eigenvalue weighted by molar-refractivity contribution is 5.93. The number of hydrogen-bond acceptors (Lipinski definition) is 2. The second-order valence-corrected chi connectivity index (χ2v) is 3.36. The van der Waals surface area contributed by atoms with Gasteiger partial charge in [0.25, 0.3) is 0 Å². The Balaban J connectivity index is 0.000000337. The average Bonchev–Trinajstić information content (AvgIpc) is 2.19. The zero-order valence-electron chi connectivity index (χ0n) is 9.07. The maximum Gasteiger partial charge on any atom is 0.127 e. The lowest BCUT2D eigenvalue weighted by Gasteiger charge is -2.01. The van der Waals surface area contributed by atoms with Gasteiger partial charge in [-0.15, -0.1) is 0 Å². The minimum atomic E-state index is 0.116. The molecule has 0 saturated carbocycles. The van der Waals surface area contributed by atoms with E-state index in [0.29, 0.717) is 5.39 Å². The Morgan fingerprint density at radius 3 is 1.60 bits per heavy atom. The number of fused-ring (bicyclic) bond motifs is 1. The van der Waals surface area contributed by atoms with Crippen LogP contribution in [-0.4, -0.2) is 10.2 Å². The summed E-state index contributed by atoms with van der Waals surface area (Å²) in [7, 11) is 0. The lowest BCUT2D eigenvalue weighted by atomic mass is 10.1. The molecule has 2 aromatic rings. The topological polar surface area (TPSA) is 40.5 Å². The van der Waals surface area contributed by atoms with Crippen LogP contribution in [0.5, 0.6) is 11.5 Å². The van der Waals surface area contributed by atoms with Crippen molar-refractivity contribution in [2.45, 2.75) is 20.3 Å². The van der Waals surface area contributed by atoms with Crippen molar-refractivity contribution in [2.75, 3.05) is 0 Å². The van der Waals surface area contributed by atoms with E-state index in [2.05, 4.69) is 13.8 Å². The van der Waals surface area contributed by atoms with Gasteiger partial charge in [0.2, 0.25) is 0 Å². The molecule has 0 amide bonds. The summed E-state index contributed by atoms with van der Waals surface area (Å²) in [6, 6.07) is 10.3. The third kappa shape index (κ3) is 2.62. The van der Waals surface area contributed by atoms with Crippen LogP contribution in [0.15, 0.2) is 36.4 Å². The van der Waals surface area contributed by atoms with E-state index in [1.165, 1.54) is 6.42 Å². The first-order chi connectivity index (χ1) is 7.20. The lowest BCUT2D eigenvalue weighted by Crippen LogP contribution is -1.73. The van der Waals surface area contributed by atoms with E-state index in [1.54, 1.807) is 24.3 Å². The molecule has 2 nitrogen and oxygen atoms in total. The molecule has 0 unspecified atom stereocenters.